The van der Waals surface area contributed by atoms with Crippen LogP contribution in [0, 0.1) is 10.1 Å². The average Bonchev–Trinajstić information content (AvgIpc) is 2.86. The third kappa shape index (κ3) is 4.57. The van der Waals surface area contributed by atoms with Gasteiger partial charge in [-0.2, -0.15) is 0 Å². The second-order valence-electron chi connectivity index (χ2n) is 5.73. The van der Waals surface area contributed by atoms with Gasteiger partial charge in [0.25, 0.3) is 5.69 Å². The SMILES string of the molecule is CC(C)(C)NCCc1nnc(-c2ccc([N+](=O)[O-])cc2)s1. The molecule has 6 nitrogen and oxygen atoms in total. The van der Waals surface area contributed by atoms with Crippen LogP contribution < -0.4 is 5.32 Å². The first-order chi connectivity index (χ1) is 9.85. The summed E-state index contributed by atoms with van der Waals surface area (Å²) in [4.78, 5) is 10.2. The van der Waals surface area contributed by atoms with E-state index < -0.39 is 4.92 Å². The van der Waals surface area contributed by atoms with Crippen LogP contribution in [0.5, 0.6) is 0 Å². The van der Waals surface area contributed by atoms with E-state index in [-0.39, 0.29) is 11.2 Å². The van der Waals surface area contributed by atoms with E-state index in [0.717, 1.165) is 28.5 Å². The number of hydrogen-bond acceptors (Lipinski definition) is 6. The number of benzene rings is 1. The van der Waals surface area contributed by atoms with Crippen molar-refractivity contribution >= 4 is 17.0 Å². The molecule has 0 saturated heterocycles. The lowest BCUT2D eigenvalue weighted by Crippen LogP contribution is -2.37. The summed E-state index contributed by atoms with van der Waals surface area (Å²) in [6, 6.07) is 6.38. The lowest BCUT2D eigenvalue weighted by Gasteiger charge is -2.19. The molecule has 0 aliphatic carbocycles. The maximum absolute atomic E-state index is 10.6. The number of hydrogen-bond donors (Lipinski definition) is 1. The van der Waals surface area contributed by atoms with Gasteiger partial charge in [-0.3, -0.25) is 10.1 Å². The predicted octanol–water partition coefficient (Wildman–Crippen LogP) is 3.04. The highest BCUT2D eigenvalue weighted by molar-refractivity contribution is 7.14. The predicted molar refractivity (Wildman–Crippen MR) is 83.5 cm³/mol. The first-order valence-corrected chi connectivity index (χ1v) is 7.49. The Morgan fingerprint density at radius 3 is 2.48 bits per heavy atom. The van der Waals surface area contributed by atoms with E-state index in [1.165, 1.54) is 23.5 Å². The Bertz CT molecular complexity index is 617. The number of rotatable bonds is 5. The summed E-state index contributed by atoms with van der Waals surface area (Å²) in [5, 5.41) is 24.1. The zero-order chi connectivity index (χ0) is 15.5. The van der Waals surface area contributed by atoms with Crippen molar-refractivity contribution in [3.8, 4) is 10.6 Å². The molecule has 2 aromatic rings. The molecule has 0 spiro atoms. The molecule has 0 aliphatic heterocycles. The fraction of sp³-hybridized carbons (Fsp3) is 0.429. The van der Waals surface area contributed by atoms with Crippen molar-refractivity contribution in [2.24, 2.45) is 0 Å². The summed E-state index contributed by atoms with van der Waals surface area (Å²) < 4.78 is 0. The normalized spacial score (nSPS) is 11.6. The summed E-state index contributed by atoms with van der Waals surface area (Å²) in [6.07, 6.45) is 0.821. The topological polar surface area (TPSA) is 81.0 Å². The van der Waals surface area contributed by atoms with E-state index in [1.807, 2.05) is 0 Å². The first kappa shape index (κ1) is 15.5. The van der Waals surface area contributed by atoms with E-state index in [4.69, 9.17) is 0 Å². The standard InChI is InChI=1S/C14H18N4O2S/c1-14(2,3)15-9-8-12-16-17-13(21-12)10-4-6-11(7-5-10)18(19)20/h4-7,15H,8-9H2,1-3H3. The van der Waals surface area contributed by atoms with E-state index >= 15 is 0 Å². The Hall–Kier alpha value is -1.86. The zero-order valence-electron chi connectivity index (χ0n) is 12.3. The molecule has 0 radical (unpaired) electrons. The van der Waals surface area contributed by atoms with Crippen LogP contribution >= 0.6 is 11.3 Å². The molecule has 0 amide bonds. The smallest absolute Gasteiger partial charge is 0.269 e. The van der Waals surface area contributed by atoms with Crippen LogP contribution in [0.2, 0.25) is 0 Å². The third-order valence-electron chi connectivity index (χ3n) is 2.79. The van der Waals surface area contributed by atoms with Crippen LogP contribution in [0.3, 0.4) is 0 Å². The summed E-state index contributed by atoms with van der Waals surface area (Å²) in [5.74, 6) is 0. The third-order valence-corrected chi connectivity index (χ3v) is 3.82. The Kier molecular flexibility index (Phi) is 4.64. The fourth-order valence-electron chi connectivity index (χ4n) is 1.74. The van der Waals surface area contributed by atoms with Gasteiger partial charge in [-0.25, -0.2) is 0 Å². The molecule has 7 heteroatoms. The van der Waals surface area contributed by atoms with Crippen LogP contribution in [0.4, 0.5) is 5.69 Å². The fourth-order valence-corrected chi connectivity index (χ4v) is 2.59. The van der Waals surface area contributed by atoms with Gasteiger partial charge < -0.3 is 5.32 Å². The van der Waals surface area contributed by atoms with Crippen molar-refractivity contribution in [3.05, 3.63) is 39.4 Å². The van der Waals surface area contributed by atoms with Crippen LogP contribution in [0.15, 0.2) is 24.3 Å². The monoisotopic (exact) mass is 306 g/mol. The average molecular weight is 306 g/mol. The summed E-state index contributed by atoms with van der Waals surface area (Å²) in [7, 11) is 0. The number of nitrogens with one attached hydrogen (secondary N) is 1. The van der Waals surface area contributed by atoms with Crippen molar-refractivity contribution in [2.45, 2.75) is 32.7 Å². The second-order valence-corrected chi connectivity index (χ2v) is 6.79. The molecule has 0 unspecified atom stereocenters. The Labute approximate surface area is 127 Å². The van der Waals surface area contributed by atoms with Gasteiger partial charge in [-0.15, -0.1) is 10.2 Å². The largest absolute Gasteiger partial charge is 0.312 e. The lowest BCUT2D eigenvalue weighted by molar-refractivity contribution is -0.384. The molecular weight excluding hydrogens is 288 g/mol. The van der Waals surface area contributed by atoms with Gasteiger partial charge >= 0.3 is 0 Å². The van der Waals surface area contributed by atoms with Gasteiger partial charge in [-0.1, -0.05) is 11.3 Å². The highest BCUT2D eigenvalue weighted by atomic mass is 32.1. The van der Waals surface area contributed by atoms with Gasteiger partial charge in [0.15, 0.2) is 0 Å². The summed E-state index contributed by atoms with van der Waals surface area (Å²) in [6.45, 7) is 7.21. The molecule has 2 rings (SSSR count). The highest BCUT2D eigenvalue weighted by Crippen LogP contribution is 2.25. The number of nitro groups is 1. The number of nitro benzene ring substituents is 1. The minimum Gasteiger partial charge on any atom is -0.312 e. The Balaban J connectivity index is 2.00. The van der Waals surface area contributed by atoms with Crippen LogP contribution in [0.1, 0.15) is 25.8 Å². The molecule has 1 aromatic heterocycles. The van der Waals surface area contributed by atoms with E-state index in [1.54, 1.807) is 12.1 Å². The Morgan fingerprint density at radius 2 is 1.90 bits per heavy atom. The summed E-state index contributed by atoms with van der Waals surface area (Å²) in [5.41, 5.74) is 1.03. The van der Waals surface area contributed by atoms with Crippen molar-refractivity contribution in [1.82, 2.24) is 15.5 Å². The van der Waals surface area contributed by atoms with Crippen molar-refractivity contribution < 1.29 is 4.92 Å². The van der Waals surface area contributed by atoms with Crippen LogP contribution in [-0.4, -0.2) is 27.2 Å². The molecule has 0 saturated carbocycles. The van der Waals surface area contributed by atoms with E-state index in [2.05, 4.69) is 36.3 Å². The second kappa shape index (κ2) is 6.28. The van der Waals surface area contributed by atoms with Gasteiger partial charge in [0.2, 0.25) is 0 Å². The quantitative estimate of drug-likeness (QED) is 0.678. The summed E-state index contributed by atoms with van der Waals surface area (Å²) >= 11 is 1.52. The Morgan fingerprint density at radius 1 is 1.24 bits per heavy atom. The maximum Gasteiger partial charge on any atom is 0.269 e. The molecular formula is C14H18N4O2S. The van der Waals surface area contributed by atoms with Crippen molar-refractivity contribution in [1.29, 1.82) is 0 Å². The maximum atomic E-state index is 10.6. The molecule has 1 aromatic carbocycles. The number of aromatic nitrogens is 2. The first-order valence-electron chi connectivity index (χ1n) is 6.67. The van der Waals surface area contributed by atoms with Gasteiger partial charge in [-0.05, 0) is 32.9 Å². The zero-order valence-corrected chi connectivity index (χ0v) is 13.1. The van der Waals surface area contributed by atoms with Crippen molar-refractivity contribution in [3.63, 3.8) is 0 Å². The number of nitrogens with zero attached hydrogens (tertiary/aromatic N) is 3. The molecule has 0 aliphatic rings. The minimum atomic E-state index is -0.409. The van der Waals surface area contributed by atoms with Gasteiger partial charge in [0.1, 0.15) is 10.0 Å². The molecule has 1 heterocycles. The van der Waals surface area contributed by atoms with Crippen LogP contribution in [-0.2, 0) is 6.42 Å². The van der Waals surface area contributed by atoms with E-state index in [9.17, 15) is 10.1 Å². The van der Waals surface area contributed by atoms with E-state index in [0.29, 0.717) is 0 Å². The molecule has 0 fully saturated rings. The van der Waals surface area contributed by atoms with Gasteiger partial charge in [0.05, 0.1) is 4.92 Å². The van der Waals surface area contributed by atoms with Gasteiger partial charge in [0, 0.05) is 36.2 Å². The minimum absolute atomic E-state index is 0.0814. The molecule has 1 N–H and O–H groups in total. The molecule has 0 atom stereocenters. The van der Waals surface area contributed by atoms with Crippen molar-refractivity contribution in [2.75, 3.05) is 6.54 Å². The molecule has 112 valence electrons. The number of non-ortho nitro benzene ring substituents is 1. The molecule has 0 bridgehead atoms. The highest BCUT2D eigenvalue weighted by Gasteiger charge is 2.11. The van der Waals surface area contributed by atoms with Crippen LogP contribution in [0.25, 0.3) is 10.6 Å². The lowest BCUT2D eigenvalue weighted by atomic mass is 10.1. The molecule has 21 heavy (non-hydrogen) atoms.